The predicted molar refractivity (Wildman–Crippen MR) is 47.8 cm³/mol. The molecule has 0 aliphatic rings. The van der Waals surface area contributed by atoms with Crippen LogP contribution in [0.1, 0.15) is 19.4 Å². The summed E-state index contributed by atoms with van der Waals surface area (Å²) in [4.78, 5) is 10.7. The Morgan fingerprint density at radius 3 is 2.18 bits per heavy atom. The highest BCUT2D eigenvalue weighted by Crippen LogP contribution is 1.88. The maximum atomic E-state index is 10.7. The van der Waals surface area contributed by atoms with E-state index in [0.29, 0.717) is 0 Å². The van der Waals surface area contributed by atoms with Crippen molar-refractivity contribution in [1.29, 1.82) is 0 Å². The third-order valence-corrected chi connectivity index (χ3v) is 1.23. The minimum absolute atomic E-state index is 0.0422. The summed E-state index contributed by atoms with van der Waals surface area (Å²) in [5.41, 5.74) is 1.15. The van der Waals surface area contributed by atoms with Crippen molar-refractivity contribution < 1.29 is 0 Å². The van der Waals surface area contributed by atoms with Crippen LogP contribution in [-0.2, 0) is 7.05 Å². The van der Waals surface area contributed by atoms with Crippen molar-refractivity contribution in [2.45, 2.75) is 20.8 Å². The predicted octanol–water partition coefficient (Wildman–Crippen LogP) is 1.72. The van der Waals surface area contributed by atoms with E-state index in [1.165, 1.54) is 0 Å². The van der Waals surface area contributed by atoms with E-state index in [4.69, 9.17) is 0 Å². The van der Waals surface area contributed by atoms with Crippen LogP contribution in [0.2, 0.25) is 0 Å². The number of aryl methyl sites for hydroxylation is 2. The zero-order valence-corrected chi connectivity index (χ0v) is 7.59. The largest absolute Gasteiger partial charge is 0.318 e. The maximum Gasteiger partial charge on any atom is 0.250 e. The second-order valence-electron chi connectivity index (χ2n) is 2.16. The number of rotatable bonds is 0. The van der Waals surface area contributed by atoms with E-state index < -0.39 is 0 Å². The fourth-order valence-corrected chi connectivity index (χ4v) is 0.732. The standard InChI is InChI=1S/C7H9NO.C2H6/c1-6-3-4-7(9)8(2)5-6;1-2/h3-5H,1-2H3;1-2H3. The molecule has 1 rings (SSSR count). The minimum Gasteiger partial charge on any atom is -0.318 e. The molecule has 1 aromatic heterocycles. The third kappa shape index (κ3) is 3.03. The lowest BCUT2D eigenvalue weighted by Crippen LogP contribution is -2.13. The Hall–Kier alpha value is -1.05. The van der Waals surface area contributed by atoms with Crippen LogP contribution in [0.25, 0.3) is 0 Å². The first kappa shape index (κ1) is 9.95. The van der Waals surface area contributed by atoms with Crippen molar-refractivity contribution in [1.82, 2.24) is 4.57 Å². The van der Waals surface area contributed by atoms with Gasteiger partial charge in [-0.05, 0) is 12.5 Å². The molecule has 0 unspecified atom stereocenters. The summed E-state index contributed by atoms with van der Waals surface area (Å²) in [7, 11) is 1.75. The zero-order valence-electron chi connectivity index (χ0n) is 7.59. The van der Waals surface area contributed by atoms with Gasteiger partial charge in [-0.1, -0.05) is 19.9 Å². The van der Waals surface area contributed by atoms with Gasteiger partial charge >= 0.3 is 0 Å². The molecule has 1 heterocycles. The Balaban J connectivity index is 0.000000461. The third-order valence-electron chi connectivity index (χ3n) is 1.23. The van der Waals surface area contributed by atoms with Gasteiger partial charge in [0.2, 0.25) is 5.56 Å². The van der Waals surface area contributed by atoms with E-state index in [2.05, 4.69) is 0 Å². The smallest absolute Gasteiger partial charge is 0.250 e. The maximum absolute atomic E-state index is 10.7. The molecular formula is C9H15NO. The van der Waals surface area contributed by atoms with Crippen molar-refractivity contribution >= 4 is 0 Å². The van der Waals surface area contributed by atoms with Gasteiger partial charge in [-0.2, -0.15) is 0 Å². The normalized spacial score (nSPS) is 8.36. The zero-order chi connectivity index (χ0) is 8.85. The molecule has 2 heteroatoms. The highest BCUT2D eigenvalue weighted by Gasteiger charge is 1.86. The van der Waals surface area contributed by atoms with E-state index in [1.807, 2.05) is 33.0 Å². The first-order chi connectivity index (χ1) is 5.20. The quantitative estimate of drug-likeness (QED) is 0.556. The summed E-state index contributed by atoms with van der Waals surface area (Å²) in [5, 5.41) is 0. The molecular weight excluding hydrogens is 138 g/mol. The van der Waals surface area contributed by atoms with Crippen molar-refractivity contribution in [3.63, 3.8) is 0 Å². The second-order valence-corrected chi connectivity index (χ2v) is 2.16. The van der Waals surface area contributed by atoms with Crippen LogP contribution >= 0.6 is 0 Å². The molecule has 0 aromatic carbocycles. The van der Waals surface area contributed by atoms with Crippen LogP contribution in [0.15, 0.2) is 23.1 Å². The van der Waals surface area contributed by atoms with Crippen LogP contribution in [0.5, 0.6) is 0 Å². The molecule has 11 heavy (non-hydrogen) atoms. The van der Waals surface area contributed by atoms with Gasteiger partial charge in [0.1, 0.15) is 0 Å². The first-order valence-corrected chi connectivity index (χ1v) is 3.83. The summed E-state index contributed by atoms with van der Waals surface area (Å²) < 4.78 is 1.56. The molecule has 0 N–H and O–H groups in total. The lowest BCUT2D eigenvalue weighted by Gasteiger charge is -1.94. The topological polar surface area (TPSA) is 22.0 Å². The summed E-state index contributed by atoms with van der Waals surface area (Å²) >= 11 is 0. The fraction of sp³-hybridized carbons (Fsp3) is 0.444. The SMILES string of the molecule is CC.Cc1ccc(=O)n(C)c1. The lowest BCUT2D eigenvalue weighted by molar-refractivity contribution is 0.852. The average molecular weight is 153 g/mol. The van der Waals surface area contributed by atoms with Crippen LogP contribution in [0.3, 0.4) is 0 Å². The number of hydrogen-bond donors (Lipinski definition) is 0. The Morgan fingerprint density at radius 1 is 1.27 bits per heavy atom. The summed E-state index contributed by atoms with van der Waals surface area (Å²) in [6.07, 6.45) is 1.81. The molecule has 0 fully saturated rings. The molecule has 0 aliphatic heterocycles. The summed E-state index contributed by atoms with van der Waals surface area (Å²) in [5.74, 6) is 0. The molecule has 1 aromatic rings. The Morgan fingerprint density at radius 2 is 1.82 bits per heavy atom. The molecule has 0 bridgehead atoms. The van der Waals surface area contributed by atoms with E-state index >= 15 is 0 Å². The Kier molecular flexibility index (Phi) is 4.27. The van der Waals surface area contributed by atoms with Crippen molar-refractivity contribution in [3.05, 3.63) is 34.2 Å². The van der Waals surface area contributed by atoms with E-state index in [0.717, 1.165) is 5.56 Å². The van der Waals surface area contributed by atoms with Crippen LogP contribution in [0, 0.1) is 6.92 Å². The number of hydrogen-bond acceptors (Lipinski definition) is 1. The highest BCUT2D eigenvalue weighted by atomic mass is 16.1. The van der Waals surface area contributed by atoms with Crippen LogP contribution in [-0.4, -0.2) is 4.57 Å². The van der Waals surface area contributed by atoms with E-state index in [9.17, 15) is 4.79 Å². The van der Waals surface area contributed by atoms with Gasteiger partial charge in [0.15, 0.2) is 0 Å². The van der Waals surface area contributed by atoms with Gasteiger partial charge in [0, 0.05) is 19.3 Å². The Labute approximate surface area is 67.5 Å². The van der Waals surface area contributed by atoms with E-state index in [-0.39, 0.29) is 5.56 Å². The monoisotopic (exact) mass is 153 g/mol. The van der Waals surface area contributed by atoms with Crippen molar-refractivity contribution in [2.75, 3.05) is 0 Å². The molecule has 0 saturated carbocycles. The van der Waals surface area contributed by atoms with Gasteiger partial charge in [-0.25, -0.2) is 0 Å². The average Bonchev–Trinajstić information content (AvgIpc) is 2.02. The molecule has 0 atom stereocenters. The molecule has 0 aliphatic carbocycles. The molecule has 0 spiro atoms. The van der Waals surface area contributed by atoms with Crippen molar-refractivity contribution in [3.8, 4) is 0 Å². The second kappa shape index (κ2) is 4.72. The van der Waals surface area contributed by atoms with Gasteiger partial charge in [0.25, 0.3) is 0 Å². The number of nitrogens with zero attached hydrogens (tertiary/aromatic N) is 1. The van der Waals surface area contributed by atoms with Crippen LogP contribution < -0.4 is 5.56 Å². The first-order valence-electron chi connectivity index (χ1n) is 3.83. The van der Waals surface area contributed by atoms with E-state index in [1.54, 1.807) is 17.7 Å². The van der Waals surface area contributed by atoms with Gasteiger partial charge in [-0.3, -0.25) is 4.79 Å². The van der Waals surface area contributed by atoms with Gasteiger partial charge in [0.05, 0.1) is 0 Å². The molecule has 2 nitrogen and oxygen atoms in total. The van der Waals surface area contributed by atoms with Gasteiger partial charge < -0.3 is 4.57 Å². The molecule has 62 valence electrons. The fourth-order valence-electron chi connectivity index (χ4n) is 0.732. The number of pyridine rings is 1. The highest BCUT2D eigenvalue weighted by molar-refractivity contribution is 5.06. The van der Waals surface area contributed by atoms with Crippen molar-refractivity contribution in [2.24, 2.45) is 7.05 Å². The lowest BCUT2D eigenvalue weighted by atomic mass is 10.3. The molecule has 0 saturated heterocycles. The summed E-state index contributed by atoms with van der Waals surface area (Å²) in [6, 6.07) is 3.37. The molecule has 0 amide bonds. The Bertz CT molecular complexity index is 263. The van der Waals surface area contributed by atoms with Gasteiger partial charge in [-0.15, -0.1) is 0 Å². The number of aromatic nitrogens is 1. The summed E-state index contributed by atoms with van der Waals surface area (Å²) in [6.45, 7) is 5.96. The molecule has 0 radical (unpaired) electrons. The van der Waals surface area contributed by atoms with Crippen LogP contribution in [0.4, 0.5) is 0 Å². The minimum atomic E-state index is 0.0422.